The van der Waals surface area contributed by atoms with Crippen LogP contribution in [0.25, 0.3) is 0 Å². The molecular formula is C20H21ClN2O4S. The second-order valence-electron chi connectivity index (χ2n) is 7.03. The summed E-state index contributed by atoms with van der Waals surface area (Å²) in [7, 11) is -3.40. The minimum Gasteiger partial charge on any atom is -0.480 e. The number of halogens is 1. The quantitative estimate of drug-likeness (QED) is 0.761. The second kappa shape index (κ2) is 7.73. The number of nitrogens with zero attached hydrogens (tertiary/aromatic N) is 2. The van der Waals surface area contributed by atoms with E-state index in [1.165, 1.54) is 4.31 Å². The van der Waals surface area contributed by atoms with Gasteiger partial charge < -0.3 is 9.64 Å². The molecule has 148 valence electrons. The van der Waals surface area contributed by atoms with Crippen LogP contribution in [0.5, 0.6) is 5.75 Å². The largest absolute Gasteiger partial charge is 0.480 e. The predicted molar refractivity (Wildman–Crippen MR) is 107 cm³/mol. The fourth-order valence-electron chi connectivity index (χ4n) is 3.62. The van der Waals surface area contributed by atoms with Crippen LogP contribution in [0, 0.1) is 0 Å². The summed E-state index contributed by atoms with van der Waals surface area (Å²) in [5.74, 6) is 0.558. The van der Waals surface area contributed by atoms with E-state index in [2.05, 4.69) is 0 Å². The highest BCUT2D eigenvalue weighted by Crippen LogP contribution is 2.32. The minimum absolute atomic E-state index is 0.0242. The third-order valence-electron chi connectivity index (χ3n) is 5.11. The van der Waals surface area contributed by atoms with Crippen molar-refractivity contribution in [1.29, 1.82) is 0 Å². The molecule has 1 fully saturated rings. The first-order valence-electron chi connectivity index (χ1n) is 9.18. The molecule has 2 aromatic rings. The van der Waals surface area contributed by atoms with E-state index in [1.54, 1.807) is 29.2 Å². The Bertz CT molecular complexity index is 973. The lowest BCUT2D eigenvalue weighted by Gasteiger charge is -2.35. The number of benzene rings is 2. The van der Waals surface area contributed by atoms with Crippen molar-refractivity contribution in [2.45, 2.75) is 18.3 Å². The van der Waals surface area contributed by atoms with Crippen molar-refractivity contribution in [3.8, 4) is 5.75 Å². The Labute approximate surface area is 169 Å². The maximum atomic E-state index is 12.8. The van der Waals surface area contributed by atoms with Gasteiger partial charge in [0.15, 0.2) is 6.10 Å². The van der Waals surface area contributed by atoms with Crippen LogP contribution in [-0.4, -0.2) is 55.8 Å². The van der Waals surface area contributed by atoms with Crippen LogP contribution in [0.4, 0.5) is 0 Å². The highest BCUT2D eigenvalue weighted by Gasteiger charge is 2.35. The summed E-state index contributed by atoms with van der Waals surface area (Å²) < 4.78 is 32.5. The van der Waals surface area contributed by atoms with Crippen LogP contribution in [0.2, 0.25) is 5.02 Å². The second-order valence-corrected chi connectivity index (χ2v) is 9.43. The topological polar surface area (TPSA) is 66.9 Å². The van der Waals surface area contributed by atoms with E-state index in [4.69, 9.17) is 16.3 Å². The highest BCUT2D eigenvalue weighted by molar-refractivity contribution is 7.88. The van der Waals surface area contributed by atoms with Gasteiger partial charge in [-0.2, -0.15) is 4.31 Å². The fraction of sp³-hybridized carbons (Fsp3) is 0.350. The zero-order valence-corrected chi connectivity index (χ0v) is 16.8. The number of sulfonamides is 1. The van der Waals surface area contributed by atoms with Crippen molar-refractivity contribution in [2.24, 2.45) is 0 Å². The molecule has 0 spiro atoms. The van der Waals surface area contributed by atoms with Crippen LogP contribution in [0.1, 0.15) is 11.1 Å². The number of carbonyl (C=O) groups excluding carboxylic acids is 1. The van der Waals surface area contributed by atoms with E-state index in [0.29, 0.717) is 43.4 Å². The van der Waals surface area contributed by atoms with E-state index in [9.17, 15) is 13.2 Å². The number of piperazine rings is 1. The number of hydrogen-bond donors (Lipinski definition) is 0. The standard InChI is InChI=1S/C20H21ClN2O4S/c21-17-6-7-18-16(12-17)13-19(27-18)20(24)22-8-10-23(11-9-22)28(25,26)14-15-4-2-1-3-5-15/h1-7,12,19H,8-11,13-14H2/t19-/m1/s1. The molecule has 2 aliphatic heterocycles. The third kappa shape index (κ3) is 4.01. The molecule has 6 nitrogen and oxygen atoms in total. The smallest absolute Gasteiger partial charge is 0.264 e. The van der Waals surface area contributed by atoms with Gasteiger partial charge in [-0.25, -0.2) is 8.42 Å². The molecule has 28 heavy (non-hydrogen) atoms. The first-order chi connectivity index (χ1) is 13.4. The van der Waals surface area contributed by atoms with Gasteiger partial charge in [0.2, 0.25) is 10.0 Å². The van der Waals surface area contributed by atoms with Gasteiger partial charge in [-0.15, -0.1) is 0 Å². The summed E-state index contributed by atoms with van der Waals surface area (Å²) in [6.07, 6.45) is -0.0812. The summed E-state index contributed by atoms with van der Waals surface area (Å²) >= 11 is 6.00. The van der Waals surface area contributed by atoms with E-state index < -0.39 is 16.1 Å². The molecule has 0 aromatic heterocycles. The average Bonchev–Trinajstić information content (AvgIpc) is 3.11. The molecule has 1 atom stereocenters. The lowest BCUT2D eigenvalue weighted by Crippen LogP contribution is -2.53. The number of fused-ring (bicyclic) bond motifs is 1. The summed E-state index contributed by atoms with van der Waals surface area (Å²) in [4.78, 5) is 14.5. The summed E-state index contributed by atoms with van der Waals surface area (Å²) in [6.45, 7) is 1.33. The number of hydrogen-bond acceptors (Lipinski definition) is 4. The molecule has 0 aliphatic carbocycles. The molecule has 0 bridgehead atoms. The van der Waals surface area contributed by atoms with Crippen LogP contribution in [0.15, 0.2) is 48.5 Å². The monoisotopic (exact) mass is 420 g/mol. The van der Waals surface area contributed by atoms with E-state index in [0.717, 1.165) is 11.1 Å². The van der Waals surface area contributed by atoms with Gasteiger partial charge in [0.1, 0.15) is 5.75 Å². The van der Waals surface area contributed by atoms with Gasteiger partial charge in [0.25, 0.3) is 5.91 Å². The van der Waals surface area contributed by atoms with Crippen molar-refractivity contribution >= 4 is 27.5 Å². The summed E-state index contributed by atoms with van der Waals surface area (Å²) in [6, 6.07) is 14.5. The van der Waals surface area contributed by atoms with Crippen LogP contribution < -0.4 is 4.74 Å². The third-order valence-corrected chi connectivity index (χ3v) is 7.19. The van der Waals surface area contributed by atoms with Gasteiger partial charge in [0.05, 0.1) is 5.75 Å². The van der Waals surface area contributed by atoms with Crippen LogP contribution in [0.3, 0.4) is 0 Å². The molecule has 2 heterocycles. The minimum atomic E-state index is -3.40. The zero-order chi connectivity index (χ0) is 19.7. The lowest BCUT2D eigenvalue weighted by molar-refractivity contribution is -0.139. The van der Waals surface area contributed by atoms with Gasteiger partial charge in [0, 0.05) is 37.6 Å². The van der Waals surface area contributed by atoms with E-state index >= 15 is 0 Å². The lowest BCUT2D eigenvalue weighted by atomic mass is 10.1. The first-order valence-corrected chi connectivity index (χ1v) is 11.2. The Morgan fingerprint density at radius 2 is 1.79 bits per heavy atom. The van der Waals surface area contributed by atoms with Crippen molar-refractivity contribution in [3.63, 3.8) is 0 Å². The van der Waals surface area contributed by atoms with Gasteiger partial charge in [-0.05, 0) is 29.3 Å². The van der Waals surface area contributed by atoms with Gasteiger partial charge in [-0.1, -0.05) is 41.9 Å². The molecule has 0 unspecified atom stereocenters. The first kappa shape index (κ1) is 19.2. The zero-order valence-electron chi connectivity index (χ0n) is 15.3. The Kier molecular flexibility index (Phi) is 5.31. The van der Waals surface area contributed by atoms with Crippen molar-refractivity contribution in [2.75, 3.05) is 26.2 Å². The number of amides is 1. The molecule has 4 rings (SSSR count). The molecule has 2 aromatic carbocycles. The Morgan fingerprint density at radius 1 is 1.07 bits per heavy atom. The van der Waals surface area contributed by atoms with Crippen molar-refractivity contribution < 1.29 is 17.9 Å². The van der Waals surface area contributed by atoms with E-state index in [1.807, 2.05) is 24.3 Å². The average molecular weight is 421 g/mol. The van der Waals surface area contributed by atoms with Crippen molar-refractivity contribution in [3.05, 3.63) is 64.7 Å². The summed E-state index contributed by atoms with van der Waals surface area (Å²) in [5.41, 5.74) is 1.69. The Balaban J connectivity index is 1.35. The van der Waals surface area contributed by atoms with Gasteiger partial charge in [-0.3, -0.25) is 4.79 Å². The molecule has 0 saturated carbocycles. The molecular weight excluding hydrogens is 400 g/mol. The fourth-order valence-corrected chi connectivity index (χ4v) is 5.33. The SMILES string of the molecule is O=C([C@H]1Cc2cc(Cl)ccc2O1)N1CCN(S(=O)(=O)Cc2ccccc2)CC1. The van der Waals surface area contributed by atoms with Crippen molar-refractivity contribution in [1.82, 2.24) is 9.21 Å². The molecule has 2 aliphatic rings. The molecule has 0 radical (unpaired) electrons. The maximum Gasteiger partial charge on any atom is 0.264 e. The van der Waals surface area contributed by atoms with E-state index in [-0.39, 0.29) is 11.7 Å². The number of ether oxygens (including phenoxy) is 1. The molecule has 1 amide bonds. The number of rotatable bonds is 4. The predicted octanol–water partition coefficient (Wildman–Crippen LogP) is 2.32. The Morgan fingerprint density at radius 3 is 2.50 bits per heavy atom. The molecule has 0 N–H and O–H groups in total. The van der Waals surface area contributed by atoms with Gasteiger partial charge >= 0.3 is 0 Å². The van der Waals surface area contributed by atoms with Crippen LogP contribution in [-0.2, 0) is 27.0 Å². The number of carbonyl (C=O) groups is 1. The summed E-state index contributed by atoms with van der Waals surface area (Å²) in [5, 5.41) is 0.618. The van der Waals surface area contributed by atoms with Crippen LogP contribution >= 0.6 is 11.6 Å². The molecule has 8 heteroatoms. The maximum absolute atomic E-state index is 12.8. The highest BCUT2D eigenvalue weighted by atomic mass is 35.5. The normalized spacial score (nSPS) is 19.9. The Hall–Kier alpha value is -2.09. The molecule has 1 saturated heterocycles.